The van der Waals surface area contributed by atoms with E-state index in [1.807, 2.05) is 24.9 Å². The van der Waals surface area contributed by atoms with E-state index in [-0.39, 0.29) is 5.28 Å². The van der Waals surface area contributed by atoms with E-state index in [0.717, 1.165) is 18.7 Å². The summed E-state index contributed by atoms with van der Waals surface area (Å²) < 4.78 is 1.84. The Hall–Kier alpha value is -1.69. The van der Waals surface area contributed by atoms with E-state index in [4.69, 9.17) is 11.6 Å². The van der Waals surface area contributed by atoms with Gasteiger partial charge in [-0.15, -0.1) is 0 Å². The second kappa shape index (κ2) is 5.30. The zero-order valence-electron chi connectivity index (χ0n) is 10.6. The van der Waals surface area contributed by atoms with Crippen LogP contribution in [0.3, 0.4) is 0 Å². The van der Waals surface area contributed by atoms with Crippen LogP contribution in [0.25, 0.3) is 5.95 Å². The van der Waals surface area contributed by atoms with Crippen LogP contribution in [0.2, 0.25) is 5.28 Å². The van der Waals surface area contributed by atoms with Gasteiger partial charge in [-0.1, -0.05) is 6.92 Å². The summed E-state index contributed by atoms with van der Waals surface area (Å²) >= 11 is 5.92. The molecule has 2 heterocycles. The lowest BCUT2D eigenvalue weighted by Crippen LogP contribution is -2.16. The van der Waals surface area contributed by atoms with Crippen molar-refractivity contribution in [3.05, 3.63) is 23.5 Å². The molecule has 0 fully saturated rings. The molecule has 0 aliphatic heterocycles. The van der Waals surface area contributed by atoms with Crippen LogP contribution < -0.4 is 4.90 Å². The highest BCUT2D eigenvalue weighted by molar-refractivity contribution is 6.28. The summed E-state index contributed by atoms with van der Waals surface area (Å²) in [5, 5.41) is 0.180. The molecule has 0 atom stereocenters. The Morgan fingerprint density at radius 1 is 1.28 bits per heavy atom. The molecule has 0 aromatic carbocycles. The monoisotopic (exact) mass is 266 g/mol. The zero-order valence-corrected chi connectivity index (χ0v) is 11.4. The van der Waals surface area contributed by atoms with Crippen LogP contribution in [0.5, 0.6) is 0 Å². The summed E-state index contributed by atoms with van der Waals surface area (Å²) in [7, 11) is 3.71. The van der Waals surface area contributed by atoms with Gasteiger partial charge >= 0.3 is 0 Å². The Bertz CT molecular complexity index is 536. The smallest absolute Gasteiger partial charge is 0.241 e. The summed E-state index contributed by atoms with van der Waals surface area (Å²) in [6.45, 7) is 2.10. The van der Waals surface area contributed by atoms with E-state index in [2.05, 4.69) is 26.9 Å². The van der Waals surface area contributed by atoms with Gasteiger partial charge in [0.15, 0.2) is 0 Å². The van der Waals surface area contributed by atoms with Crippen LogP contribution in [-0.2, 0) is 6.42 Å². The maximum Gasteiger partial charge on any atom is 0.241 e. The van der Waals surface area contributed by atoms with Crippen molar-refractivity contribution in [3.8, 4) is 5.95 Å². The number of rotatable bonds is 4. The molecule has 6 nitrogen and oxygen atoms in total. The summed E-state index contributed by atoms with van der Waals surface area (Å²) in [6, 6.07) is 0. The fourth-order valence-corrected chi connectivity index (χ4v) is 1.71. The van der Waals surface area contributed by atoms with Gasteiger partial charge < -0.3 is 4.90 Å². The van der Waals surface area contributed by atoms with Crippen molar-refractivity contribution in [2.75, 3.05) is 19.0 Å². The zero-order chi connectivity index (χ0) is 13.1. The number of anilines is 1. The molecule has 7 heteroatoms. The van der Waals surface area contributed by atoms with Gasteiger partial charge in [-0.05, 0) is 18.0 Å². The average molecular weight is 267 g/mol. The molecule has 96 valence electrons. The van der Waals surface area contributed by atoms with Gasteiger partial charge in [0.25, 0.3) is 0 Å². The van der Waals surface area contributed by atoms with Crippen LogP contribution in [-0.4, -0.2) is 38.6 Å². The SMILES string of the molecule is CCCc1nccn1-c1nc(Cl)nc(N(C)C)n1. The van der Waals surface area contributed by atoms with E-state index >= 15 is 0 Å². The molecule has 0 bridgehead atoms. The number of halogens is 1. The normalized spacial score (nSPS) is 10.7. The summed E-state index contributed by atoms with van der Waals surface area (Å²) in [4.78, 5) is 18.6. The number of aryl methyl sites for hydroxylation is 1. The first kappa shape index (κ1) is 12.8. The van der Waals surface area contributed by atoms with E-state index in [0.29, 0.717) is 11.9 Å². The predicted octanol–water partition coefficient (Wildman–Crippen LogP) is 1.73. The van der Waals surface area contributed by atoms with E-state index < -0.39 is 0 Å². The lowest BCUT2D eigenvalue weighted by atomic mass is 10.3. The number of hydrogen-bond donors (Lipinski definition) is 0. The van der Waals surface area contributed by atoms with Crippen LogP contribution >= 0.6 is 11.6 Å². The highest BCUT2D eigenvalue weighted by atomic mass is 35.5. The first-order chi connectivity index (χ1) is 8.61. The molecule has 0 aliphatic rings. The molecular weight excluding hydrogens is 252 g/mol. The Morgan fingerprint density at radius 2 is 2.06 bits per heavy atom. The second-order valence-electron chi connectivity index (χ2n) is 4.06. The highest BCUT2D eigenvalue weighted by Gasteiger charge is 2.11. The van der Waals surface area contributed by atoms with Crippen molar-refractivity contribution >= 4 is 17.5 Å². The largest absolute Gasteiger partial charge is 0.347 e. The van der Waals surface area contributed by atoms with Gasteiger partial charge in [0.1, 0.15) is 5.82 Å². The first-order valence-corrected chi connectivity index (χ1v) is 6.11. The van der Waals surface area contributed by atoms with Gasteiger partial charge in [-0.3, -0.25) is 4.57 Å². The topological polar surface area (TPSA) is 59.7 Å². The van der Waals surface area contributed by atoms with Gasteiger partial charge in [-0.2, -0.15) is 15.0 Å². The third kappa shape index (κ3) is 2.59. The quantitative estimate of drug-likeness (QED) is 0.843. The Kier molecular flexibility index (Phi) is 3.76. The van der Waals surface area contributed by atoms with Gasteiger partial charge in [0.2, 0.25) is 17.2 Å². The van der Waals surface area contributed by atoms with Gasteiger partial charge in [0.05, 0.1) is 0 Å². The van der Waals surface area contributed by atoms with Crippen LogP contribution in [0.15, 0.2) is 12.4 Å². The molecule has 0 saturated carbocycles. The minimum atomic E-state index is 0.180. The van der Waals surface area contributed by atoms with Crippen LogP contribution in [0.4, 0.5) is 5.95 Å². The molecule has 18 heavy (non-hydrogen) atoms. The molecule has 0 saturated heterocycles. The highest BCUT2D eigenvalue weighted by Crippen LogP contribution is 2.13. The Balaban J connectivity index is 2.46. The third-order valence-corrected chi connectivity index (χ3v) is 2.56. The maximum absolute atomic E-state index is 5.92. The fraction of sp³-hybridized carbons (Fsp3) is 0.455. The van der Waals surface area contributed by atoms with E-state index in [9.17, 15) is 0 Å². The summed E-state index contributed by atoms with van der Waals surface area (Å²) in [5.74, 6) is 1.95. The first-order valence-electron chi connectivity index (χ1n) is 5.73. The molecule has 0 radical (unpaired) electrons. The van der Waals surface area contributed by atoms with Crippen molar-refractivity contribution in [1.82, 2.24) is 24.5 Å². The third-order valence-electron chi connectivity index (χ3n) is 2.39. The lowest BCUT2D eigenvalue weighted by molar-refractivity contribution is 0.773. The average Bonchev–Trinajstić information content (AvgIpc) is 2.77. The molecule has 2 aromatic rings. The van der Waals surface area contributed by atoms with Crippen molar-refractivity contribution < 1.29 is 0 Å². The molecule has 2 aromatic heterocycles. The second-order valence-corrected chi connectivity index (χ2v) is 4.40. The standard InChI is InChI=1S/C11H15ClN6/c1-4-5-8-13-6-7-18(8)11-15-9(12)14-10(16-11)17(2)3/h6-7H,4-5H2,1-3H3. The maximum atomic E-state index is 5.92. The van der Waals surface area contributed by atoms with Crippen molar-refractivity contribution in [2.45, 2.75) is 19.8 Å². The lowest BCUT2D eigenvalue weighted by Gasteiger charge is -2.12. The molecule has 2 rings (SSSR count). The van der Waals surface area contributed by atoms with Crippen molar-refractivity contribution in [1.29, 1.82) is 0 Å². The fourth-order valence-electron chi connectivity index (χ4n) is 1.56. The van der Waals surface area contributed by atoms with Crippen molar-refractivity contribution in [3.63, 3.8) is 0 Å². The predicted molar refractivity (Wildman–Crippen MR) is 70.3 cm³/mol. The summed E-state index contributed by atoms with van der Waals surface area (Å²) in [5.41, 5.74) is 0. The molecular formula is C11H15ClN6. The number of imidazole rings is 1. The Morgan fingerprint density at radius 3 is 2.72 bits per heavy atom. The van der Waals surface area contributed by atoms with Gasteiger partial charge in [0, 0.05) is 32.9 Å². The van der Waals surface area contributed by atoms with Crippen LogP contribution in [0, 0.1) is 0 Å². The van der Waals surface area contributed by atoms with E-state index in [1.54, 1.807) is 11.1 Å². The Labute approximate surface area is 111 Å². The molecule has 0 aliphatic carbocycles. The molecule has 0 spiro atoms. The minimum Gasteiger partial charge on any atom is -0.347 e. The number of hydrogen-bond acceptors (Lipinski definition) is 5. The molecule has 0 unspecified atom stereocenters. The van der Waals surface area contributed by atoms with Gasteiger partial charge in [-0.25, -0.2) is 4.98 Å². The molecule has 0 N–H and O–H groups in total. The minimum absolute atomic E-state index is 0.180. The van der Waals surface area contributed by atoms with E-state index in [1.165, 1.54) is 0 Å². The number of aromatic nitrogens is 5. The van der Waals surface area contributed by atoms with Crippen molar-refractivity contribution in [2.24, 2.45) is 0 Å². The summed E-state index contributed by atoms with van der Waals surface area (Å²) in [6.07, 6.45) is 5.44. The molecule has 0 amide bonds. The number of nitrogens with zero attached hydrogens (tertiary/aromatic N) is 6. The van der Waals surface area contributed by atoms with Crippen LogP contribution in [0.1, 0.15) is 19.2 Å².